The molecule has 2 fully saturated rings. The number of likely N-dealkylation sites (tertiary alicyclic amines) is 1. The van der Waals surface area contributed by atoms with Gasteiger partial charge in [0.25, 0.3) is 5.92 Å². The third-order valence-electron chi connectivity index (χ3n) is 4.67. The van der Waals surface area contributed by atoms with E-state index in [0.29, 0.717) is 17.3 Å². The third kappa shape index (κ3) is 4.43. The van der Waals surface area contributed by atoms with Crippen molar-refractivity contribution >= 4 is 18.9 Å². The zero-order valence-electron chi connectivity index (χ0n) is 15.1. The van der Waals surface area contributed by atoms with E-state index in [1.54, 1.807) is 18.0 Å². The summed E-state index contributed by atoms with van der Waals surface area (Å²) in [4.78, 5) is 12.2. The van der Waals surface area contributed by atoms with E-state index >= 15 is 0 Å². The van der Waals surface area contributed by atoms with Gasteiger partial charge in [0.15, 0.2) is 0 Å². The normalized spacial score (nSPS) is 23.4. The Morgan fingerprint density at radius 2 is 1.64 bits per heavy atom. The number of hydrogen-bond acceptors (Lipinski definition) is 4. The molecule has 2 aliphatic rings. The predicted octanol–water partition coefficient (Wildman–Crippen LogP) is 2.50. The minimum absolute atomic E-state index is 0.0625. The average Bonchev–Trinajstić information content (AvgIpc) is 2.65. The molecule has 2 saturated heterocycles. The van der Waals surface area contributed by atoms with Gasteiger partial charge in [-0.25, -0.2) is 13.2 Å². The summed E-state index contributed by atoms with van der Waals surface area (Å²) in [6.45, 7) is 7.50. The van der Waals surface area contributed by atoms with Gasteiger partial charge in [-0.2, -0.15) is 0 Å². The van der Waals surface area contributed by atoms with E-state index in [-0.39, 0.29) is 13.1 Å². The first-order valence-corrected chi connectivity index (χ1v) is 8.03. The Hall–Kier alpha value is -1.38. The molecule has 2 aliphatic heterocycles. The number of alkyl halides is 2. The van der Waals surface area contributed by atoms with Crippen LogP contribution in [-0.2, 0) is 9.31 Å². The Labute approximate surface area is 146 Å². The summed E-state index contributed by atoms with van der Waals surface area (Å²) in [6.07, 6.45) is 0.608. The maximum Gasteiger partial charge on any atom is 0.497 e. The standard InChI is InChI=1S/C13H16BFO3.C4H7F2N/c1-12(2)13(3,4)18-14(17-12)10-6-5-9(8-16)7-11(10)15;1-7-2-4(5,6)3-7/h5-8H,1-4H3;2-3H2,1H3. The van der Waals surface area contributed by atoms with Crippen LogP contribution in [0.5, 0.6) is 0 Å². The number of nitrogens with zero attached hydrogens (tertiary/aromatic N) is 1. The van der Waals surface area contributed by atoms with Crippen LogP contribution in [0.1, 0.15) is 38.1 Å². The second-order valence-electron chi connectivity index (χ2n) is 7.52. The van der Waals surface area contributed by atoms with E-state index in [2.05, 4.69) is 0 Å². The maximum atomic E-state index is 13.9. The lowest BCUT2D eigenvalue weighted by Gasteiger charge is -2.35. The van der Waals surface area contributed by atoms with Crippen molar-refractivity contribution in [2.24, 2.45) is 0 Å². The summed E-state index contributed by atoms with van der Waals surface area (Å²) >= 11 is 0. The van der Waals surface area contributed by atoms with Crippen LogP contribution in [0.4, 0.5) is 13.2 Å². The lowest BCUT2D eigenvalue weighted by molar-refractivity contribution is -0.119. The van der Waals surface area contributed by atoms with Crippen LogP contribution in [0.2, 0.25) is 0 Å². The third-order valence-corrected chi connectivity index (χ3v) is 4.67. The molecule has 0 aromatic heterocycles. The van der Waals surface area contributed by atoms with Crippen LogP contribution >= 0.6 is 0 Å². The molecule has 138 valence electrons. The second kappa shape index (κ2) is 6.74. The zero-order chi connectivity index (χ0) is 19.0. The summed E-state index contributed by atoms with van der Waals surface area (Å²) in [5.41, 5.74) is -0.395. The van der Waals surface area contributed by atoms with Crippen molar-refractivity contribution < 1.29 is 27.3 Å². The highest BCUT2D eigenvalue weighted by Gasteiger charge is 2.52. The van der Waals surface area contributed by atoms with Crippen molar-refractivity contribution in [3.05, 3.63) is 29.6 Å². The van der Waals surface area contributed by atoms with Crippen molar-refractivity contribution in [3.63, 3.8) is 0 Å². The van der Waals surface area contributed by atoms with Gasteiger partial charge < -0.3 is 9.31 Å². The van der Waals surface area contributed by atoms with Crippen molar-refractivity contribution in [2.45, 2.75) is 44.8 Å². The molecule has 8 heteroatoms. The van der Waals surface area contributed by atoms with Gasteiger partial charge in [0.2, 0.25) is 0 Å². The molecule has 25 heavy (non-hydrogen) atoms. The number of rotatable bonds is 2. The number of halogens is 3. The van der Waals surface area contributed by atoms with E-state index in [0.717, 1.165) is 0 Å². The minimum atomic E-state index is -2.38. The molecule has 0 N–H and O–H groups in total. The quantitative estimate of drug-likeness (QED) is 0.602. The van der Waals surface area contributed by atoms with E-state index in [1.807, 2.05) is 27.7 Å². The SMILES string of the molecule is CC1(C)OB(c2ccc(C=O)cc2F)OC1(C)C.CN1CC(F)(F)C1. The van der Waals surface area contributed by atoms with E-state index in [4.69, 9.17) is 9.31 Å². The number of benzene rings is 1. The summed E-state index contributed by atoms with van der Waals surface area (Å²) in [5, 5.41) is 0. The molecule has 0 bridgehead atoms. The predicted molar refractivity (Wildman–Crippen MR) is 89.9 cm³/mol. The molecule has 3 rings (SSSR count). The molecule has 0 radical (unpaired) electrons. The summed E-state index contributed by atoms with van der Waals surface area (Å²) < 4.78 is 48.9. The number of carbonyl (C=O) groups excluding carboxylic acids is 1. The lowest BCUT2D eigenvalue weighted by Crippen LogP contribution is -2.53. The molecule has 0 unspecified atom stereocenters. The molecule has 0 spiro atoms. The van der Waals surface area contributed by atoms with Gasteiger partial charge in [0.1, 0.15) is 12.1 Å². The zero-order valence-corrected chi connectivity index (χ0v) is 15.1. The maximum absolute atomic E-state index is 13.9. The Kier molecular flexibility index (Phi) is 5.38. The highest BCUT2D eigenvalue weighted by atomic mass is 19.3. The molecular formula is C17H23BF3NO3. The second-order valence-corrected chi connectivity index (χ2v) is 7.52. The molecule has 1 aromatic rings. The summed E-state index contributed by atoms with van der Waals surface area (Å²) in [6, 6.07) is 4.27. The Bertz CT molecular complexity index is 628. The number of aldehydes is 1. The van der Waals surface area contributed by atoms with Crippen molar-refractivity contribution in [2.75, 3.05) is 20.1 Å². The molecule has 2 heterocycles. The largest absolute Gasteiger partial charge is 0.497 e. The van der Waals surface area contributed by atoms with Crippen molar-refractivity contribution in [3.8, 4) is 0 Å². The lowest BCUT2D eigenvalue weighted by atomic mass is 9.78. The molecule has 0 atom stereocenters. The summed E-state index contributed by atoms with van der Waals surface area (Å²) in [7, 11) is 0.938. The van der Waals surface area contributed by atoms with Crippen LogP contribution in [-0.4, -0.2) is 55.6 Å². The van der Waals surface area contributed by atoms with Crippen LogP contribution in [0.3, 0.4) is 0 Å². The van der Waals surface area contributed by atoms with Crippen molar-refractivity contribution in [1.82, 2.24) is 4.90 Å². The topological polar surface area (TPSA) is 38.8 Å². The van der Waals surface area contributed by atoms with Gasteiger partial charge >= 0.3 is 7.12 Å². The average molecular weight is 357 g/mol. The Morgan fingerprint density at radius 3 is 1.96 bits per heavy atom. The first kappa shape index (κ1) is 19.9. The van der Waals surface area contributed by atoms with Crippen LogP contribution in [0, 0.1) is 5.82 Å². The van der Waals surface area contributed by atoms with Gasteiger partial charge in [-0.15, -0.1) is 0 Å². The van der Waals surface area contributed by atoms with Gasteiger partial charge in [0, 0.05) is 11.0 Å². The van der Waals surface area contributed by atoms with Gasteiger partial charge in [0.05, 0.1) is 24.3 Å². The van der Waals surface area contributed by atoms with Gasteiger partial charge in [-0.05, 0) is 40.8 Å². The Balaban J connectivity index is 0.000000269. The van der Waals surface area contributed by atoms with E-state index in [1.165, 1.54) is 12.1 Å². The minimum Gasteiger partial charge on any atom is -0.399 e. The molecule has 4 nitrogen and oxygen atoms in total. The molecule has 0 amide bonds. The fourth-order valence-corrected chi connectivity index (χ4v) is 2.52. The fraction of sp³-hybridized carbons (Fsp3) is 0.588. The highest BCUT2D eigenvalue weighted by Crippen LogP contribution is 2.36. The fourth-order valence-electron chi connectivity index (χ4n) is 2.52. The van der Waals surface area contributed by atoms with Crippen molar-refractivity contribution in [1.29, 1.82) is 0 Å². The Morgan fingerprint density at radius 1 is 1.12 bits per heavy atom. The first-order chi connectivity index (χ1) is 11.4. The monoisotopic (exact) mass is 357 g/mol. The smallest absolute Gasteiger partial charge is 0.399 e. The number of hydrogen-bond donors (Lipinski definition) is 0. The first-order valence-electron chi connectivity index (χ1n) is 8.03. The molecule has 1 aromatic carbocycles. The van der Waals surface area contributed by atoms with Gasteiger partial charge in [-0.3, -0.25) is 9.69 Å². The van der Waals surface area contributed by atoms with E-state index < -0.39 is 30.1 Å². The van der Waals surface area contributed by atoms with Gasteiger partial charge in [-0.1, -0.05) is 12.1 Å². The molecular weight excluding hydrogens is 334 g/mol. The van der Waals surface area contributed by atoms with Crippen LogP contribution < -0.4 is 5.46 Å². The van der Waals surface area contributed by atoms with E-state index in [9.17, 15) is 18.0 Å². The molecule has 0 saturated carbocycles. The molecule has 0 aliphatic carbocycles. The number of carbonyl (C=O) groups is 1. The summed E-state index contributed by atoms with van der Waals surface area (Å²) in [5.74, 6) is -2.87. The highest BCUT2D eigenvalue weighted by molar-refractivity contribution is 6.62. The van der Waals surface area contributed by atoms with Crippen LogP contribution in [0.25, 0.3) is 0 Å². The van der Waals surface area contributed by atoms with Crippen LogP contribution in [0.15, 0.2) is 18.2 Å².